The Labute approximate surface area is 224 Å². The molecule has 3 aromatic carbocycles. The van der Waals surface area contributed by atoms with E-state index in [2.05, 4.69) is 9.47 Å². The van der Waals surface area contributed by atoms with Gasteiger partial charge in [-0.15, -0.1) is 0 Å². The van der Waals surface area contributed by atoms with E-state index in [9.17, 15) is 18.4 Å². The van der Waals surface area contributed by atoms with Crippen LogP contribution in [0.25, 0.3) is 0 Å². The first-order chi connectivity index (χ1) is 17.4. The monoisotopic (exact) mass is 550 g/mol. The Bertz CT molecular complexity index is 1220. The van der Waals surface area contributed by atoms with Gasteiger partial charge < -0.3 is 14.2 Å². The molecule has 196 valence electrons. The molecule has 0 radical (unpaired) electrons. The first kappa shape index (κ1) is 28.4. The Morgan fingerprint density at radius 2 is 1.49 bits per heavy atom. The maximum atomic E-state index is 14.2. The van der Waals surface area contributed by atoms with E-state index in [0.29, 0.717) is 22.4 Å². The predicted octanol–water partition coefficient (Wildman–Crippen LogP) is 7.39. The number of Topliss-reactive ketones (excluding diaryl/α,β-unsaturated/α-hetero) is 1. The molecule has 0 aromatic heterocycles. The van der Waals surface area contributed by atoms with Crippen LogP contribution in [-0.2, 0) is 26.3 Å². The summed E-state index contributed by atoms with van der Waals surface area (Å²) in [6.07, 6.45) is -5.26. The average Bonchev–Trinajstić information content (AvgIpc) is 2.84. The lowest BCUT2D eigenvalue weighted by atomic mass is 9.78. The van der Waals surface area contributed by atoms with Crippen LogP contribution in [0.3, 0.4) is 0 Å². The minimum absolute atomic E-state index is 0.0182. The summed E-state index contributed by atoms with van der Waals surface area (Å²) < 4.78 is 43.3. The summed E-state index contributed by atoms with van der Waals surface area (Å²) in [5.41, 5.74) is 1.88. The molecular formula is C28H26Cl2F2O5. The molecule has 0 unspecified atom stereocenters. The number of carbonyl (C=O) groups is 2. The summed E-state index contributed by atoms with van der Waals surface area (Å²) >= 11 is 13.0. The molecule has 0 saturated carbocycles. The second kappa shape index (κ2) is 11.9. The highest BCUT2D eigenvalue weighted by atomic mass is 35.5. The van der Waals surface area contributed by atoms with Crippen molar-refractivity contribution in [3.05, 3.63) is 93.5 Å². The van der Waals surface area contributed by atoms with Gasteiger partial charge in [-0.25, -0.2) is 0 Å². The number of esters is 1. The van der Waals surface area contributed by atoms with Crippen LogP contribution in [0.2, 0.25) is 10.0 Å². The van der Waals surface area contributed by atoms with Gasteiger partial charge in [-0.2, -0.15) is 8.78 Å². The van der Waals surface area contributed by atoms with E-state index in [4.69, 9.17) is 27.9 Å². The van der Waals surface area contributed by atoms with Crippen LogP contribution in [-0.4, -0.2) is 24.5 Å². The Morgan fingerprint density at radius 1 is 0.892 bits per heavy atom. The van der Waals surface area contributed by atoms with Gasteiger partial charge in [0.25, 0.3) is 5.78 Å². The molecule has 0 amide bonds. The Balaban J connectivity index is 1.73. The highest BCUT2D eigenvalue weighted by molar-refractivity contribution is 6.37. The highest BCUT2D eigenvalue weighted by Gasteiger charge is 2.43. The molecule has 3 aromatic rings. The second-order valence-corrected chi connectivity index (χ2v) is 9.53. The topological polar surface area (TPSA) is 61.8 Å². The molecule has 3 rings (SSSR count). The van der Waals surface area contributed by atoms with Gasteiger partial charge in [0.1, 0.15) is 18.8 Å². The lowest BCUT2D eigenvalue weighted by molar-refractivity contribution is -0.192. The van der Waals surface area contributed by atoms with E-state index in [1.165, 1.54) is 19.1 Å². The molecule has 5 nitrogen and oxygen atoms in total. The number of rotatable bonds is 11. The van der Waals surface area contributed by atoms with Crippen LogP contribution >= 0.6 is 23.2 Å². The summed E-state index contributed by atoms with van der Waals surface area (Å²) in [5.74, 6) is -2.59. The third-order valence-electron chi connectivity index (χ3n) is 5.70. The number of ether oxygens (including phenoxy) is 3. The fourth-order valence-electron chi connectivity index (χ4n) is 3.55. The smallest absolute Gasteiger partial charge is 0.461 e. The van der Waals surface area contributed by atoms with Crippen molar-refractivity contribution in [3.63, 3.8) is 0 Å². The van der Waals surface area contributed by atoms with Gasteiger partial charge in [-0.1, -0.05) is 79.5 Å². The van der Waals surface area contributed by atoms with Crippen LogP contribution in [0.15, 0.2) is 66.7 Å². The maximum Gasteiger partial charge on any atom is 0.461 e. The molecule has 0 heterocycles. The highest BCUT2D eigenvalue weighted by Crippen LogP contribution is 2.41. The van der Waals surface area contributed by atoms with Crippen molar-refractivity contribution in [1.82, 2.24) is 0 Å². The van der Waals surface area contributed by atoms with Crippen molar-refractivity contribution >= 4 is 35.0 Å². The van der Waals surface area contributed by atoms with E-state index in [1.54, 1.807) is 24.3 Å². The first-order valence-corrected chi connectivity index (χ1v) is 12.2. The molecule has 0 N–H and O–H groups in total. The third-order valence-corrected chi connectivity index (χ3v) is 6.26. The number of hydrogen-bond donors (Lipinski definition) is 0. The van der Waals surface area contributed by atoms with Gasteiger partial charge in [0.2, 0.25) is 0 Å². The van der Waals surface area contributed by atoms with Crippen LogP contribution < -0.4 is 9.47 Å². The van der Waals surface area contributed by atoms with Crippen molar-refractivity contribution < 1.29 is 32.6 Å². The Kier molecular flexibility index (Phi) is 9.16. The number of benzene rings is 3. The van der Waals surface area contributed by atoms with Gasteiger partial charge in [-0.05, 0) is 47.9 Å². The van der Waals surface area contributed by atoms with E-state index in [1.807, 2.05) is 44.2 Å². The van der Waals surface area contributed by atoms with Gasteiger partial charge in [-0.3, -0.25) is 9.59 Å². The van der Waals surface area contributed by atoms with E-state index in [0.717, 1.165) is 16.7 Å². The van der Waals surface area contributed by atoms with Crippen molar-refractivity contribution in [2.24, 2.45) is 0 Å². The molecule has 0 spiro atoms. The SMILES string of the molecule is CCOC(=O)CC(=O)C(F)(F)Oc1ccc(C(C)(C)c2cc(Cl)c(OCc3ccccc3)c(Cl)c2)cc1. The van der Waals surface area contributed by atoms with E-state index >= 15 is 0 Å². The van der Waals surface area contributed by atoms with Crippen molar-refractivity contribution in [2.75, 3.05) is 6.61 Å². The summed E-state index contributed by atoms with van der Waals surface area (Å²) in [5, 5.41) is 0.678. The standard InChI is InChI=1S/C28H26Cl2F2O5/c1-4-35-25(34)16-24(33)28(31,32)37-21-12-10-19(11-13-21)27(2,3)20-14-22(29)26(23(30)15-20)36-17-18-8-6-5-7-9-18/h5-15H,4,16-17H2,1-3H3. The van der Waals surface area contributed by atoms with Crippen LogP contribution in [0, 0.1) is 0 Å². The predicted molar refractivity (Wildman–Crippen MR) is 138 cm³/mol. The van der Waals surface area contributed by atoms with Crippen molar-refractivity contribution in [1.29, 1.82) is 0 Å². The number of ketones is 1. The molecular weight excluding hydrogens is 525 g/mol. The lowest BCUT2D eigenvalue weighted by Crippen LogP contribution is -2.36. The number of halogens is 4. The van der Waals surface area contributed by atoms with E-state index in [-0.39, 0.29) is 12.4 Å². The normalized spacial score (nSPS) is 11.6. The van der Waals surface area contributed by atoms with Crippen molar-refractivity contribution in [3.8, 4) is 11.5 Å². The minimum Gasteiger partial charge on any atom is -0.486 e. The summed E-state index contributed by atoms with van der Waals surface area (Å²) in [6.45, 7) is 5.64. The van der Waals surface area contributed by atoms with Crippen LogP contribution in [0.5, 0.6) is 11.5 Å². The zero-order chi connectivity index (χ0) is 27.2. The summed E-state index contributed by atoms with van der Waals surface area (Å²) in [4.78, 5) is 23.1. The number of carbonyl (C=O) groups excluding carboxylic acids is 2. The Hall–Kier alpha value is -3.16. The summed E-state index contributed by atoms with van der Waals surface area (Å²) in [6, 6.07) is 18.9. The fourth-order valence-corrected chi connectivity index (χ4v) is 4.14. The van der Waals surface area contributed by atoms with Gasteiger partial charge >= 0.3 is 12.1 Å². The molecule has 0 saturated heterocycles. The minimum atomic E-state index is -4.18. The zero-order valence-electron chi connectivity index (χ0n) is 20.5. The molecule has 0 bridgehead atoms. The largest absolute Gasteiger partial charge is 0.486 e. The molecule has 0 atom stereocenters. The summed E-state index contributed by atoms with van der Waals surface area (Å²) in [7, 11) is 0. The van der Waals surface area contributed by atoms with Crippen LogP contribution in [0.4, 0.5) is 8.78 Å². The average molecular weight is 551 g/mol. The molecule has 9 heteroatoms. The van der Waals surface area contributed by atoms with Gasteiger partial charge in [0, 0.05) is 5.41 Å². The Morgan fingerprint density at radius 3 is 2.05 bits per heavy atom. The number of hydrogen-bond acceptors (Lipinski definition) is 5. The van der Waals surface area contributed by atoms with E-state index < -0.39 is 29.7 Å². The van der Waals surface area contributed by atoms with Gasteiger partial charge in [0.15, 0.2) is 5.75 Å². The third kappa shape index (κ3) is 7.21. The molecule has 0 fully saturated rings. The number of alkyl halides is 2. The maximum absolute atomic E-state index is 14.2. The lowest BCUT2D eigenvalue weighted by Gasteiger charge is -2.27. The van der Waals surface area contributed by atoms with Crippen molar-refractivity contribution in [2.45, 2.75) is 45.3 Å². The molecule has 37 heavy (non-hydrogen) atoms. The molecule has 0 aliphatic carbocycles. The fraction of sp³-hybridized carbons (Fsp3) is 0.286. The second-order valence-electron chi connectivity index (χ2n) is 8.72. The molecule has 0 aliphatic heterocycles. The quantitative estimate of drug-likeness (QED) is 0.184. The molecule has 0 aliphatic rings. The first-order valence-electron chi connectivity index (χ1n) is 11.5. The van der Waals surface area contributed by atoms with Gasteiger partial charge in [0.05, 0.1) is 16.7 Å². The zero-order valence-corrected chi connectivity index (χ0v) is 22.0. The van der Waals surface area contributed by atoms with Crippen LogP contribution in [0.1, 0.15) is 43.9 Å².